The van der Waals surface area contributed by atoms with Crippen molar-refractivity contribution in [3.05, 3.63) is 317 Å². The van der Waals surface area contributed by atoms with Gasteiger partial charge >= 0.3 is 0 Å². The standard InChI is InChI=1S/C66H45N/c1-7-23-46(24-8-1)58-43-47-25-19-20-36-55(47)64-63(58)59-44-53(40-42-61(59)66(64,50-30-13-4-14-31-50)51-32-15-5-16-33-51)67(52-34-17-6-18-35-52)54-39-41-57-56-37-21-22-38-60(56)65(62(57)45-54,48-26-9-2-10-27-48)49-28-11-3-12-29-49/h1-45H. The molecule has 0 atom stereocenters. The first kappa shape index (κ1) is 38.9. The highest BCUT2D eigenvalue weighted by molar-refractivity contribution is 6.07. The second kappa shape index (κ2) is 15.6. The van der Waals surface area contributed by atoms with Crippen LogP contribution in [0, 0.1) is 0 Å². The maximum absolute atomic E-state index is 2.49. The summed E-state index contributed by atoms with van der Waals surface area (Å²) in [7, 11) is 0. The van der Waals surface area contributed by atoms with Crippen LogP contribution in [0.2, 0.25) is 0 Å². The predicted molar refractivity (Wildman–Crippen MR) is 279 cm³/mol. The summed E-state index contributed by atoms with van der Waals surface area (Å²) >= 11 is 0. The highest BCUT2D eigenvalue weighted by atomic mass is 15.1. The summed E-state index contributed by atoms with van der Waals surface area (Å²) in [6.07, 6.45) is 0. The van der Waals surface area contributed by atoms with Crippen LogP contribution in [-0.4, -0.2) is 0 Å². The summed E-state index contributed by atoms with van der Waals surface area (Å²) in [6, 6.07) is 101. The van der Waals surface area contributed by atoms with Gasteiger partial charge in [-0.25, -0.2) is 0 Å². The molecular formula is C66H45N. The molecule has 0 unspecified atom stereocenters. The van der Waals surface area contributed by atoms with Crippen molar-refractivity contribution in [3.8, 4) is 33.4 Å². The van der Waals surface area contributed by atoms with Crippen molar-refractivity contribution in [3.63, 3.8) is 0 Å². The number of rotatable bonds is 8. The van der Waals surface area contributed by atoms with E-state index in [2.05, 4.69) is 278 Å². The van der Waals surface area contributed by atoms with Crippen LogP contribution < -0.4 is 4.90 Å². The van der Waals surface area contributed by atoms with E-state index in [1.165, 1.54) is 88.7 Å². The van der Waals surface area contributed by atoms with Gasteiger partial charge in [0, 0.05) is 17.1 Å². The molecule has 314 valence electrons. The van der Waals surface area contributed by atoms with Gasteiger partial charge in [-0.3, -0.25) is 0 Å². The number of anilines is 3. The van der Waals surface area contributed by atoms with E-state index < -0.39 is 10.8 Å². The molecule has 67 heavy (non-hydrogen) atoms. The molecule has 0 aromatic heterocycles. The molecule has 0 heterocycles. The Bertz CT molecular complexity index is 3520. The second-order valence-electron chi connectivity index (χ2n) is 17.9. The number of para-hydroxylation sites is 1. The Morgan fingerprint density at radius 3 is 1.36 bits per heavy atom. The van der Waals surface area contributed by atoms with Gasteiger partial charge < -0.3 is 4.90 Å². The molecule has 13 rings (SSSR count). The van der Waals surface area contributed by atoms with Crippen LogP contribution in [0.4, 0.5) is 17.1 Å². The average molecular weight is 852 g/mol. The minimum absolute atomic E-state index is 0.527. The van der Waals surface area contributed by atoms with Crippen LogP contribution in [0.5, 0.6) is 0 Å². The SMILES string of the molecule is c1ccc(-c2cc3ccccc3c3c2-c2cc(N(c4ccccc4)c4ccc5c(c4)C(c4ccccc4)(c4ccccc4)c4ccccc4-5)ccc2C3(c2ccccc2)c2ccccc2)cc1. The minimum Gasteiger partial charge on any atom is -0.310 e. The molecule has 0 saturated heterocycles. The molecule has 0 radical (unpaired) electrons. The van der Waals surface area contributed by atoms with Crippen LogP contribution in [0.15, 0.2) is 273 Å². The van der Waals surface area contributed by atoms with E-state index >= 15 is 0 Å². The van der Waals surface area contributed by atoms with Gasteiger partial charge in [0.1, 0.15) is 0 Å². The first-order valence-electron chi connectivity index (χ1n) is 23.3. The maximum atomic E-state index is 2.49. The Hall–Kier alpha value is -8.52. The maximum Gasteiger partial charge on any atom is 0.0719 e. The fourth-order valence-corrected chi connectivity index (χ4v) is 11.9. The molecule has 0 saturated carbocycles. The smallest absolute Gasteiger partial charge is 0.0719 e. The lowest BCUT2D eigenvalue weighted by molar-refractivity contribution is 0.768. The first-order valence-corrected chi connectivity index (χ1v) is 23.3. The summed E-state index contributed by atoms with van der Waals surface area (Å²) in [5.74, 6) is 0. The predicted octanol–water partition coefficient (Wildman–Crippen LogP) is 16.7. The van der Waals surface area contributed by atoms with E-state index in [4.69, 9.17) is 0 Å². The number of nitrogens with zero attached hydrogens (tertiary/aromatic N) is 1. The fourth-order valence-electron chi connectivity index (χ4n) is 11.9. The molecule has 0 amide bonds. The van der Waals surface area contributed by atoms with Gasteiger partial charge in [0.15, 0.2) is 0 Å². The van der Waals surface area contributed by atoms with Gasteiger partial charge in [0.05, 0.1) is 10.8 Å². The van der Waals surface area contributed by atoms with Gasteiger partial charge in [0.25, 0.3) is 0 Å². The largest absolute Gasteiger partial charge is 0.310 e. The molecule has 0 N–H and O–H groups in total. The van der Waals surface area contributed by atoms with Crippen LogP contribution in [0.3, 0.4) is 0 Å². The van der Waals surface area contributed by atoms with Crippen molar-refractivity contribution in [2.75, 3.05) is 4.90 Å². The van der Waals surface area contributed by atoms with Crippen molar-refractivity contribution in [2.45, 2.75) is 10.8 Å². The quantitative estimate of drug-likeness (QED) is 0.147. The highest BCUT2D eigenvalue weighted by Gasteiger charge is 2.49. The van der Waals surface area contributed by atoms with E-state index in [1.54, 1.807) is 0 Å². The molecule has 2 aliphatic rings. The third-order valence-electron chi connectivity index (χ3n) is 14.6. The van der Waals surface area contributed by atoms with Crippen molar-refractivity contribution in [1.82, 2.24) is 0 Å². The number of benzene rings is 11. The lowest BCUT2D eigenvalue weighted by atomic mass is 9.66. The summed E-state index contributed by atoms with van der Waals surface area (Å²) in [6.45, 7) is 0. The third kappa shape index (κ3) is 5.75. The fraction of sp³-hybridized carbons (Fsp3) is 0.0303. The lowest BCUT2D eigenvalue weighted by Crippen LogP contribution is -2.29. The van der Waals surface area contributed by atoms with Crippen LogP contribution in [-0.2, 0) is 10.8 Å². The first-order chi connectivity index (χ1) is 33.3. The summed E-state index contributed by atoms with van der Waals surface area (Å²) in [5.41, 5.74) is 19.9. The number of fused-ring (bicyclic) bond motifs is 8. The minimum atomic E-state index is -0.599. The van der Waals surface area contributed by atoms with E-state index in [1.807, 2.05) is 0 Å². The summed E-state index contributed by atoms with van der Waals surface area (Å²) in [4.78, 5) is 2.47. The molecule has 11 aromatic carbocycles. The van der Waals surface area contributed by atoms with Gasteiger partial charge in [-0.2, -0.15) is 0 Å². The normalized spacial score (nSPS) is 13.6. The Labute approximate surface area is 392 Å². The Kier molecular flexibility index (Phi) is 9.05. The molecular weight excluding hydrogens is 807 g/mol. The third-order valence-corrected chi connectivity index (χ3v) is 14.6. The van der Waals surface area contributed by atoms with Crippen LogP contribution in [0.1, 0.15) is 44.5 Å². The van der Waals surface area contributed by atoms with Crippen molar-refractivity contribution < 1.29 is 0 Å². The highest BCUT2D eigenvalue weighted by Crippen LogP contribution is 2.62. The van der Waals surface area contributed by atoms with Crippen LogP contribution in [0.25, 0.3) is 44.2 Å². The molecule has 0 bridgehead atoms. The van der Waals surface area contributed by atoms with E-state index in [0.29, 0.717) is 0 Å². The molecule has 11 aromatic rings. The molecule has 0 aliphatic heterocycles. The van der Waals surface area contributed by atoms with Crippen molar-refractivity contribution in [2.24, 2.45) is 0 Å². The Morgan fingerprint density at radius 1 is 0.269 bits per heavy atom. The van der Waals surface area contributed by atoms with E-state index in [9.17, 15) is 0 Å². The van der Waals surface area contributed by atoms with E-state index in [-0.39, 0.29) is 0 Å². The lowest BCUT2D eigenvalue weighted by Gasteiger charge is -2.35. The van der Waals surface area contributed by atoms with Gasteiger partial charge in [-0.05, 0) is 131 Å². The van der Waals surface area contributed by atoms with Gasteiger partial charge in [0.2, 0.25) is 0 Å². The zero-order valence-corrected chi connectivity index (χ0v) is 36.9. The summed E-state index contributed by atoms with van der Waals surface area (Å²) in [5, 5.41) is 2.49. The van der Waals surface area contributed by atoms with Gasteiger partial charge in [-0.1, -0.05) is 231 Å². The van der Waals surface area contributed by atoms with Crippen molar-refractivity contribution in [1.29, 1.82) is 0 Å². The number of hydrogen-bond acceptors (Lipinski definition) is 1. The second-order valence-corrected chi connectivity index (χ2v) is 17.9. The van der Waals surface area contributed by atoms with Crippen molar-refractivity contribution >= 4 is 27.8 Å². The molecule has 1 heteroatoms. The molecule has 0 fully saturated rings. The molecule has 0 spiro atoms. The number of hydrogen-bond donors (Lipinski definition) is 0. The zero-order chi connectivity index (χ0) is 44.4. The average Bonchev–Trinajstić information content (AvgIpc) is 3.89. The molecule has 1 nitrogen and oxygen atoms in total. The van der Waals surface area contributed by atoms with Gasteiger partial charge in [-0.15, -0.1) is 0 Å². The zero-order valence-electron chi connectivity index (χ0n) is 36.9. The van der Waals surface area contributed by atoms with Crippen LogP contribution >= 0.6 is 0 Å². The Balaban J connectivity index is 1.12. The topological polar surface area (TPSA) is 3.24 Å². The monoisotopic (exact) mass is 851 g/mol. The summed E-state index contributed by atoms with van der Waals surface area (Å²) < 4.78 is 0. The Morgan fingerprint density at radius 2 is 0.731 bits per heavy atom. The van der Waals surface area contributed by atoms with E-state index in [0.717, 1.165) is 17.1 Å². The molecule has 2 aliphatic carbocycles.